The highest BCUT2D eigenvalue weighted by Crippen LogP contribution is 2.24. The smallest absolute Gasteiger partial charge is 0.159 e. The third kappa shape index (κ3) is 2.92. The van der Waals surface area contributed by atoms with Crippen molar-refractivity contribution < 1.29 is 4.74 Å². The SMILES string of the molecule is CNc1cc(C(C)(C)C)nc(C(C)OC)n1. The molecule has 16 heavy (non-hydrogen) atoms. The summed E-state index contributed by atoms with van der Waals surface area (Å²) in [6.07, 6.45) is -0.0885. The molecule has 4 nitrogen and oxygen atoms in total. The summed E-state index contributed by atoms with van der Waals surface area (Å²) in [5.74, 6) is 1.55. The van der Waals surface area contributed by atoms with Gasteiger partial charge in [0.15, 0.2) is 5.82 Å². The lowest BCUT2D eigenvalue weighted by Gasteiger charge is -2.20. The van der Waals surface area contributed by atoms with Gasteiger partial charge < -0.3 is 10.1 Å². The van der Waals surface area contributed by atoms with Gasteiger partial charge in [0.1, 0.15) is 11.9 Å². The van der Waals surface area contributed by atoms with E-state index in [0.717, 1.165) is 17.3 Å². The van der Waals surface area contributed by atoms with Crippen LogP contribution in [0.4, 0.5) is 5.82 Å². The Hall–Kier alpha value is -1.16. The van der Waals surface area contributed by atoms with E-state index in [1.54, 1.807) is 7.11 Å². The van der Waals surface area contributed by atoms with Crippen LogP contribution in [0.2, 0.25) is 0 Å². The molecule has 1 aromatic rings. The molecule has 0 radical (unpaired) electrons. The monoisotopic (exact) mass is 223 g/mol. The van der Waals surface area contributed by atoms with Crippen LogP contribution >= 0.6 is 0 Å². The van der Waals surface area contributed by atoms with Gasteiger partial charge in [0.25, 0.3) is 0 Å². The first kappa shape index (κ1) is 12.9. The van der Waals surface area contributed by atoms with Crippen molar-refractivity contribution >= 4 is 5.82 Å². The van der Waals surface area contributed by atoms with Crippen molar-refractivity contribution in [2.75, 3.05) is 19.5 Å². The molecule has 1 rings (SSSR count). The second-order valence-corrected chi connectivity index (χ2v) is 4.87. The normalized spacial score (nSPS) is 13.6. The van der Waals surface area contributed by atoms with Gasteiger partial charge in [-0.2, -0.15) is 0 Å². The largest absolute Gasteiger partial charge is 0.374 e. The number of anilines is 1. The fraction of sp³-hybridized carbons (Fsp3) is 0.667. The molecule has 1 atom stereocenters. The molecule has 0 aliphatic rings. The lowest BCUT2D eigenvalue weighted by molar-refractivity contribution is 0.111. The van der Waals surface area contributed by atoms with Gasteiger partial charge in [-0.3, -0.25) is 0 Å². The highest BCUT2D eigenvalue weighted by atomic mass is 16.5. The zero-order valence-electron chi connectivity index (χ0n) is 11.0. The summed E-state index contributed by atoms with van der Waals surface area (Å²) in [7, 11) is 3.52. The van der Waals surface area contributed by atoms with Crippen molar-refractivity contribution in [3.05, 3.63) is 17.6 Å². The van der Waals surface area contributed by atoms with Gasteiger partial charge in [-0.15, -0.1) is 0 Å². The molecular formula is C12H21N3O. The Labute approximate surface area is 97.5 Å². The van der Waals surface area contributed by atoms with Crippen LogP contribution in [0.3, 0.4) is 0 Å². The molecule has 0 spiro atoms. The molecule has 0 fully saturated rings. The fourth-order valence-electron chi connectivity index (χ4n) is 1.27. The second-order valence-electron chi connectivity index (χ2n) is 4.87. The number of methoxy groups -OCH3 is 1. The molecular weight excluding hydrogens is 202 g/mol. The Morgan fingerprint density at radius 1 is 1.31 bits per heavy atom. The molecule has 4 heteroatoms. The Balaban J connectivity index is 3.21. The van der Waals surface area contributed by atoms with Crippen molar-refractivity contribution in [1.82, 2.24) is 9.97 Å². The van der Waals surface area contributed by atoms with Gasteiger partial charge in [-0.1, -0.05) is 20.8 Å². The van der Waals surface area contributed by atoms with Crippen molar-refractivity contribution in [3.63, 3.8) is 0 Å². The lowest BCUT2D eigenvalue weighted by atomic mass is 9.92. The first-order valence-electron chi connectivity index (χ1n) is 5.48. The number of aromatic nitrogens is 2. The molecule has 0 saturated heterocycles. The third-order valence-corrected chi connectivity index (χ3v) is 2.49. The maximum atomic E-state index is 5.25. The van der Waals surface area contributed by atoms with Crippen LogP contribution in [0.15, 0.2) is 6.07 Å². The van der Waals surface area contributed by atoms with Gasteiger partial charge in [0, 0.05) is 25.6 Å². The summed E-state index contributed by atoms with van der Waals surface area (Å²) in [5, 5.41) is 3.05. The summed E-state index contributed by atoms with van der Waals surface area (Å²) >= 11 is 0. The molecule has 0 aromatic carbocycles. The standard InChI is InChI=1S/C12H21N3O/c1-8(16-6)11-14-9(12(2,3)4)7-10(13-5)15-11/h7-8H,1-6H3,(H,13,14,15). The number of nitrogens with zero attached hydrogens (tertiary/aromatic N) is 2. The van der Waals surface area contributed by atoms with E-state index in [0.29, 0.717) is 0 Å². The summed E-state index contributed by atoms with van der Waals surface area (Å²) in [5.41, 5.74) is 1.03. The first-order valence-corrected chi connectivity index (χ1v) is 5.48. The van der Waals surface area contributed by atoms with E-state index < -0.39 is 0 Å². The van der Waals surface area contributed by atoms with Crippen LogP contribution in [0.1, 0.15) is 45.3 Å². The third-order valence-electron chi connectivity index (χ3n) is 2.49. The van der Waals surface area contributed by atoms with Gasteiger partial charge in [0.2, 0.25) is 0 Å². The van der Waals surface area contributed by atoms with E-state index in [-0.39, 0.29) is 11.5 Å². The quantitative estimate of drug-likeness (QED) is 0.855. The minimum absolute atomic E-state index is 0.0107. The summed E-state index contributed by atoms with van der Waals surface area (Å²) in [6, 6.07) is 1.98. The van der Waals surface area contributed by atoms with Crippen molar-refractivity contribution in [3.8, 4) is 0 Å². The molecule has 0 bridgehead atoms. The Bertz CT molecular complexity index is 358. The van der Waals surface area contributed by atoms with Crippen LogP contribution in [-0.4, -0.2) is 24.1 Å². The van der Waals surface area contributed by atoms with Crippen molar-refractivity contribution in [2.24, 2.45) is 0 Å². The molecule has 1 aromatic heterocycles. The van der Waals surface area contributed by atoms with Crippen molar-refractivity contribution in [2.45, 2.75) is 39.2 Å². The molecule has 0 aliphatic heterocycles. The molecule has 1 unspecified atom stereocenters. The summed E-state index contributed by atoms with van der Waals surface area (Å²) < 4.78 is 5.25. The minimum atomic E-state index is -0.0885. The average Bonchev–Trinajstić information content (AvgIpc) is 2.26. The molecule has 1 N–H and O–H groups in total. The van der Waals surface area contributed by atoms with E-state index >= 15 is 0 Å². The van der Waals surface area contributed by atoms with Gasteiger partial charge in [-0.05, 0) is 6.92 Å². The number of rotatable bonds is 3. The van der Waals surface area contributed by atoms with E-state index in [2.05, 4.69) is 36.1 Å². The molecule has 0 saturated carbocycles. The Morgan fingerprint density at radius 2 is 1.94 bits per heavy atom. The van der Waals surface area contributed by atoms with E-state index in [1.807, 2.05) is 20.0 Å². The Morgan fingerprint density at radius 3 is 2.38 bits per heavy atom. The predicted molar refractivity (Wildman–Crippen MR) is 65.7 cm³/mol. The molecule has 1 heterocycles. The second kappa shape index (κ2) is 4.78. The number of ether oxygens (including phenoxy) is 1. The number of hydrogen-bond donors (Lipinski definition) is 1. The van der Waals surface area contributed by atoms with Crippen LogP contribution in [-0.2, 0) is 10.2 Å². The maximum Gasteiger partial charge on any atom is 0.159 e. The lowest BCUT2D eigenvalue weighted by Crippen LogP contribution is -2.17. The highest BCUT2D eigenvalue weighted by Gasteiger charge is 2.19. The number of nitrogens with one attached hydrogen (secondary N) is 1. The van der Waals surface area contributed by atoms with E-state index in [4.69, 9.17) is 4.74 Å². The van der Waals surface area contributed by atoms with Gasteiger partial charge in [0.05, 0.1) is 5.69 Å². The predicted octanol–water partition coefficient (Wildman–Crippen LogP) is 2.52. The first-order chi connectivity index (χ1) is 7.38. The van der Waals surface area contributed by atoms with E-state index in [1.165, 1.54) is 0 Å². The molecule has 90 valence electrons. The van der Waals surface area contributed by atoms with Crippen LogP contribution in [0, 0.1) is 0 Å². The zero-order valence-corrected chi connectivity index (χ0v) is 11.0. The van der Waals surface area contributed by atoms with Gasteiger partial charge >= 0.3 is 0 Å². The summed E-state index contributed by atoms with van der Waals surface area (Å²) in [4.78, 5) is 8.94. The molecule has 0 amide bonds. The maximum absolute atomic E-state index is 5.25. The molecule has 0 aliphatic carbocycles. The fourth-order valence-corrected chi connectivity index (χ4v) is 1.27. The van der Waals surface area contributed by atoms with Crippen LogP contribution in [0.5, 0.6) is 0 Å². The topological polar surface area (TPSA) is 47.0 Å². The summed E-state index contributed by atoms with van der Waals surface area (Å²) in [6.45, 7) is 8.35. The van der Waals surface area contributed by atoms with Gasteiger partial charge in [-0.25, -0.2) is 9.97 Å². The highest BCUT2D eigenvalue weighted by molar-refractivity contribution is 5.37. The van der Waals surface area contributed by atoms with Crippen molar-refractivity contribution in [1.29, 1.82) is 0 Å². The van der Waals surface area contributed by atoms with Crippen LogP contribution < -0.4 is 5.32 Å². The Kier molecular flexibility index (Phi) is 3.86. The minimum Gasteiger partial charge on any atom is -0.374 e. The van der Waals surface area contributed by atoms with Crippen LogP contribution in [0.25, 0.3) is 0 Å². The number of hydrogen-bond acceptors (Lipinski definition) is 4. The average molecular weight is 223 g/mol. The van der Waals surface area contributed by atoms with E-state index in [9.17, 15) is 0 Å². The zero-order chi connectivity index (χ0) is 12.3.